The fourth-order valence-electron chi connectivity index (χ4n) is 3.14. The van der Waals surface area contributed by atoms with Crippen LogP contribution in [0.4, 0.5) is 0 Å². The van der Waals surface area contributed by atoms with Gasteiger partial charge in [-0.1, -0.05) is 42.5 Å². The second-order valence-corrected chi connectivity index (χ2v) is 8.97. The molecule has 1 saturated heterocycles. The van der Waals surface area contributed by atoms with Gasteiger partial charge in [-0.15, -0.1) is 0 Å². The van der Waals surface area contributed by atoms with Crippen LogP contribution in [0.1, 0.15) is 38.8 Å². The smallest absolute Gasteiger partial charge is 0.399 e. The Kier molecular flexibility index (Phi) is 4.23. The molecule has 5 heteroatoms. The lowest BCUT2D eigenvalue weighted by atomic mass is 9.79. The number of hydrogen-bond acceptors (Lipinski definition) is 4. The van der Waals surface area contributed by atoms with Gasteiger partial charge in [-0.25, -0.2) is 4.31 Å². The van der Waals surface area contributed by atoms with E-state index in [0.717, 1.165) is 18.6 Å². The SMILES string of the molecule is CC1(C)OB(c2ccc(CN3Cc4ccccc4S3)cc2)OC1(C)C. The number of rotatable bonds is 3. The molecule has 0 N–H and O–H groups in total. The van der Waals surface area contributed by atoms with Crippen LogP contribution in [0.15, 0.2) is 53.4 Å². The predicted octanol–water partition coefficient (Wildman–Crippen LogP) is 4.01. The van der Waals surface area contributed by atoms with Crippen LogP contribution in [0.3, 0.4) is 0 Å². The Balaban J connectivity index is 1.42. The lowest BCUT2D eigenvalue weighted by Gasteiger charge is -2.32. The third-order valence-electron chi connectivity index (χ3n) is 5.41. The van der Waals surface area contributed by atoms with Crippen molar-refractivity contribution in [2.24, 2.45) is 0 Å². The minimum absolute atomic E-state index is 0.288. The van der Waals surface area contributed by atoms with Crippen molar-refractivity contribution in [2.45, 2.75) is 56.9 Å². The molecule has 0 aliphatic carbocycles. The molecule has 0 saturated carbocycles. The van der Waals surface area contributed by atoms with E-state index in [1.54, 1.807) is 0 Å². The highest BCUT2D eigenvalue weighted by molar-refractivity contribution is 7.97. The van der Waals surface area contributed by atoms with E-state index in [2.05, 4.69) is 80.5 Å². The lowest BCUT2D eigenvalue weighted by Crippen LogP contribution is -2.41. The first-order chi connectivity index (χ1) is 11.8. The summed E-state index contributed by atoms with van der Waals surface area (Å²) in [6, 6.07) is 17.3. The zero-order chi connectivity index (χ0) is 17.7. The van der Waals surface area contributed by atoms with E-state index in [1.165, 1.54) is 16.0 Å². The molecule has 0 amide bonds. The minimum atomic E-state index is -0.297. The van der Waals surface area contributed by atoms with Crippen molar-refractivity contribution < 1.29 is 9.31 Å². The maximum Gasteiger partial charge on any atom is 0.494 e. The van der Waals surface area contributed by atoms with Crippen molar-refractivity contribution >= 4 is 24.5 Å². The highest BCUT2D eigenvalue weighted by Gasteiger charge is 2.51. The molecule has 2 aromatic rings. The molecule has 2 aliphatic heterocycles. The summed E-state index contributed by atoms with van der Waals surface area (Å²) in [7, 11) is -0.288. The van der Waals surface area contributed by atoms with E-state index < -0.39 is 0 Å². The standard InChI is InChI=1S/C20H24BNO2S/c1-19(2)20(3,4)24-21(23-19)17-11-9-15(10-12-17)13-22-14-16-7-5-6-8-18(16)25-22/h5-12H,13-14H2,1-4H3. The van der Waals surface area contributed by atoms with Crippen LogP contribution in [0.5, 0.6) is 0 Å². The highest BCUT2D eigenvalue weighted by atomic mass is 32.2. The zero-order valence-electron chi connectivity index (χ0n) is 15.3. The molecule has 0 radical (unpaired) electrons. The first kappa shape index (κ1) is 17.2. The van der Waals surface area contributed by atoms with E-state index in [1.807, 2.05) is 11.9 Å². The van der Waals surface area contributed by atoms with Gasteiger partial charge in [0.1, 0.15) is 0 Å². The van der Waals surface area contributed by atoms with E-state index in [4.69, 9.17) is 9.31 Å². The van der Waals surface area contributed by atoms with E-state index in [0.29, 0.717) is 0 Å². The second kappa shape index (κ2) is 6.17. The Hall–Kier alpha value is -1.27. The van der Waals surface area contributed by atoms with Crippen molar-refractivity contribution in [3.05, 3.63) is 59.7 Å². The summed E-state index contributed by atoms with van der Waals surface area (Å²) in [4.78, 5) is 1.37. The molecule has 2 aliphatic rings. The lowest BCUT2D eigenvalue weighted by molar-refractivity contribution is 0.00578. The second-order valence-electron chi connectivity index (χ2n) is 7.83. The Morgan fingerprint density at radius 3 is 2.24 bits per heavy atom. The molecule has 130 valence electrons. The normalized spacial score (nSPS) is 21.5. The average Bonchev–Trinajstić information content (AvgIpc) is 3.05. The van der Waals surface area contributed by atoms with Gasteiger partial charge in [0.25, 0.3) is 0 Å². The zero-order valence-corrected chi connectivity index (χ0v) is 16.1. The van der Waals surface area contributed by atoms with Crippen LogP contribution in [0, 0.1) is 0 Å². The van der Waals surface area contributed by atoms with Crippen LogP contribution in [0.25, 0.3) is 0 Å². The fraction of sp³-hybridized carbons (Fsp3) is 0.400. The third kappa shape index (κ3) is 3.26. The molecule has 3 nitrogen and oxygen atoms in total. The van der Waals surface area contributed by atoms with Gasteiger partial charge in [0, 0.05) is 18.0 Å². The van der Waals surface area contributed by atoms with Gasteiger partial charge < -0.3 is 9.31 Å². The molecule has 0 aromatic heterocycles. The third-order valence-corrected chi connectivity index (χ3v) is 6.52. The largest absolute Gasteiger partial charge is 0.494 e. The van der Waals surface area contributed by atoms with Gasteiger partial charge in [-0.2, -0.15) is 0 Å². The summed E-state index contributed by atoms with van der Waals surface area (Å²) in [6.07, 6.45) is 0. The molecule has 2 heterocycles. The van der Waals surface area contributed by atoms with E-state index in [-0.39, 0.29) is 18.3 Å². The average molecular weight is 353 g/mol. The van der Waals surface area contributed by atoms with Crippen LogP contribution in [0.2, 0.25) is 0 Å². The molecule has 2 aromatic carbocycles. The summed E-state index contributed by atoms with van der Waals surface area (Å²) < 4.78 is 14.7. The van der Waals surface area contributed by atoms with Crippen molar-refractivity contribution in [2.75, 3.05) is 0 Å². The number of hydrogen-bond donors (Lipinski definition) is 0. The summed E-state index contributed by atoms with van der Waals surface area (Å²) in [5.74, 6) is 0. The summed E-state index contributed by atoms with van der Waals surface area (Å²) in [6.45, 7) is 10.3. The van der Waals surface area contributed by atoms with Gasteiger partial charge in [-0.05, 0) is 62.3 Å². The van der Waals surface area contributed by atoms with Gasteiger partial charge >= 0.3 is 7.12 Å². The van der Waals surface area contributed by atoms with Crippen LogP contribution < -0.4 is 5.46 Å². The summed E-state index contributed by atoms with van der Waals surface area (Å²) in [5.41, 5.74) is 3.21. The van der Waals surface area contributed by atoms with E-state index in [9.17, 15) is 0 Å². The molecule has 25 heavy (non-hydrogen) atoms. The Labute approximate surface area is 155 Å². The molecule has 0 unspecified atom stereocenters. The molecule has 0 atom stereocenters. The number of fused-ring (bicyclic) bond motifs is 1. The monoisotopic (exact) mass is 353 g/mol. The minimum Gasteiger partial charge on any atom is -0.399 e. The van der Waals surface area contributed by atoms with Crippen molar-refractivity contribution in [1.82, 2.24) is 4.31 Å². The Morgan fingerprint density at radius 1 is 0.960 bits per heavy atom. The molecule has 4 rings (SSSR count). The maximum atomic E-state index is 6.13. The molecule has 0 spiro atoms. The highest BCUT2D eigenvalue weighted by Crippen LogP contribution is 2.37. The summed E-state index contributed by atoms with van der Waals surface area (Å²) in [5, 5.41) is 0. The van der Waals surface area contributed by atoms with Crippen molar-refractivity contribution in [1.29, 1.82) is 0 Å². The predicted molar refractivity (Wildman–Crippen MR) is 104 cm³/mol. The first-order valence-corrected chi connectivity index (χ1v) is 9.57. The topological polar surface area (TPSA) is 21.7 Å². The Morgan fingerprint density at radius 2 is 1.60 bits per heavy atom. The molecule has 1 fully saturated rings. The van der Waals surface area contributed by atoms with Crippen molar-refractivity contribution in [3.63, 3.8) is 0 Å². The van der Waals surface area contributed by atoms with Crippen LogP contribution in [-0.2, 0) is 22.4 Å². The molecule has 0 bridgehead atoms. The van der Waals surface area contributed by atoms with Crippen LogP contribution in [-0.4, -0.2) is 22.6 Å². The number of nitrogens with zero attached hydrogens (tertiary/aromatic N) is 1. The van der Waals surface area contributed by atoms with Gasteiger partial charge in [0.15, 0.2) is 0 Å². The first-order valence-electron chi connectivity index (χ1n) is 8.79. The van der Waals surface area contributed by atoms with Gasteiger partial charge in [-0.3, -0.25) is 0 Å². The van der Waals surface area contributed by atoms with Crippen molar-refractivity contribution in [3.8, 4) is 0 Å². The maximum absolute atomic E-state index is 6.13. The van der Waals surface area contributed by atoms with Crippen LogP contribution >= 0.6 is 11.9 Å². The van der Waals surface area contributed by atoms with Gasteiger partial charge in [0.2, 0.25) is 0 Å². The summed E-state index contributed by atoms with van der Waals surface area (Å²) >= 11 is 1.84. The van der Waals surface area contributed by atoms with E-state index >= 15 is 0 Å². The molecular weight excluding hydrogens is 329 g/mol. The quantitative estimate of drug-likeness (QED) is 0.614. The van der Waals surface area contributed by atoms with Gasteiger partial charge in [0.05, 0.1) is 11.2 Å². The number of benzene rings is 2. The fourth-order valence-corrected chi connectivity index (χ4v) is 4.22. The Bertz CT molecular complexity index is 735. The molecular formula is C20H24BNO2S.